The van der Waals surface area contributed by atoms with Gasteiger partial charge in [0.05, 0.1) is 15.9 Å². The summed E-state index contributed by atoms with van der Waals surface area (Å²) in [5, 5.41) is 1.13. The number of fused-ring (bicyclic) bond motifs is 3. The van der Waals surface area contributed by atoms with Gasteiger partial charge in [0.2, 0.25) is 5.95 Å². The lowest BCUT2D eigenvalue weighted by Gasteiger charge is -2.40. The Kier molecular flexibility index (Phi) is 3.03. The zero-order valence-electron chi connectivity index (χ0n) is 13.4. The Balaban J connectivity index is 1.52. The van der Waals surface area contributed by atoms with Gasteiger partial charge < -0.3 is 10.6 Å². The van der Waals surface area contributed by atoms with Gasteiger partial charge in [-0.1, -0.05) is 23.5 Å². The van der Waals surface area contributed by atoms with Crippen LogP contribution >= 0.6 is 11.3 Å². The summed E-state index contributed by atoms with van der Waals surface area (Å²) in [7, 11) is 0. The molecule has 2 N–H and O–H groups in total. The van der Waals surface area contributed by atoms with Crippen LogP contribution in [-0.4, -0.2) is 28.0 Å². The van der Waals surface area contributed by atoms with E-state index in [2.05, 4.69) is 39.1 Å². The highest BCUT2D eigenvalue weighted by Crippen LogP contribution is 2.45. The molecule has 0 bridgehead atoms. The standard InChI is InChI=1S/C18H19N5S/c19-16-20-10-12-6-8-18(15(12)22-16)7-3-9-23(11-18)17-21-13-4-1-2-5-14(13)24-17/h1-2,4-5,10H,3,6-9,11H2,(H2,19,20,22). The molecule has 0 radical (unpaired) electrons. The van der Waals surface area contributed by atoms with E-state index in [0.29, 0.717) is 5.95 Å². The molecular weight excluding hydrogens is 318 g/mol. The van der Waals surface area contributed by atoms with Crippen molar-refractivity contribution >= 4 is 32.6 Å². The van der Waals surface area contributed by atoms with Gasteiger partial charge in [0.15, 0.2) is 5.13 Å². The van der Waals surface area contributed by atoms with Crippen LogP contribution in [0.2, 0.25) is 0 Å². The second-order valence-electron chi connectivity index (χ2n) is 6.87. The number of aryl methyl sites for hydroxylation is 1. The second-order valence-corrected chi connectivity index (χ2v) is 7.88. The summed E-state index contributed by atoms with van der Waals surface area (Å²) in [6, 6.07) is 8.37. The molecule has 0 saturated carbocycles. The van der Waals surface area contributed by atoms with Crippen LogP contribution in [0.3, 0.4) is 0 Å². The third kappa shape index (κ3) is 2.09. The number of nitrogens with zero attached hydrogens (tertiary/aromatic N) is 4. The van der Waals surface area contributed by atoms with Gasteiger partial charge in [-0.25, -0.2) is 15.0 Å². The van der Waals surface area contributed by atoms with Gasteiger partial charge in [-0.15, -0.1) is 0 Å². The van der Waals surface area contributed by atoms with Crippen LogP contribution in [0, 0.1) is 0 Å². The molecule has 2 aromatic heterocycles. The maximum atomic E-state index is 5.87. The quantitative estimate of drug-likeness (QED) is 0.739. The molecule has 1 aliphatic heterocycles. The number of rotatable bonds is 1. The van der Waals surface area contributed by atoms with E-state index in [1.165, 1.54) is 28.8 Å². The maximum absolute atomic E-state index is 5.87. The SMILES string of the molecule is Nc1ncc2c(n1)C1(CCCN(c3nc4ccccc4s3)C1)CC2. The Bertz CT molecular complexity index is 884. The molecule has 5 nitrogen and oxygen atoms in total. The monoisotopic (exact) mass is 337 g/mol. The first kappa shape index (κ1) is 14.2. The predicted molar refractivity (Wildman–Crippen MR) is 97.5 cm³/mol. The smallest absolute Gasteiger partial charge is 0.220 e. The van der Waals surface area contributed by atoms with Crippen molar-refractivity contribution in [3.8, 4) is 0 Å². The average molecular weight is 337 g/mol. The molecule has 1 fully saturated rings. The molecule has 3 aromatic rings. The lowest BCUT2D eigenvalue weighted by Crippen LogP contribution is -2.45. The molecule has 1 unspecified atom stereocenters. The molecule has 3 heterocycles. The minimum atomic E-state index is 0.114. The van der Waals surface area contributed by atoms with E-state index in [0.717, 1.165) is 36.6 Å². The third-order valence-electron chi connectivity index (χ3n) is 5.39. The largest absolute Gasteiger partial charge is 0.368 e. The fourth-order valence-corrected chi connectivity index (χ4v) is 5.23. The molecule has 24 heavy (non-hydrogen) atoms. The van der Waals surface area contributed by atoms with Gasteiger partial charge >= 0.3 is 0 Å². The summed E-state index contributed by atoms with van der Waals surface area (Å²) < 4.78 is 1.26. The van der Waals surface area contributed by atoms with Crippen molar-refractivity contribution in [3.63, 3.8) is 0 Å². The van der Waals surface area contributed by atoms with Crippen molar-refractivity contribution in [3.05, 3.63) is 41.7 Å². The number of hydrogen-bond donors (Lipinski definition) is 1. The molecule has 1 aromatic carbocycles. The number of piperidine rings is 1. The first-order valence-corrected chi connectivity index (χ1v) is 9.28. The van der Waals surface area contributed by atoms with Gasteiger partial charge in [0, 0.05) is 24.7 Å². The third-order valence-corrected chi connectivity index (χ3v) is 6.49. The Morgan fingerprint density at radius 3 is 3.00 bits per heavy atom. The van der Waals surface area contributed by atoms with Gasteiger partial charge in [-0.2, -0.15) is 0 Å². The number of para-hydroxylation sites is 1. The van der Waals surface area contributed by atoms with Crippen LogP contribution in [-0.2, 0) is 11.8 Å². The number of benzene rings is 1. The molecule has 1 atom stereocenters. The summed E-state index contributed by atoms with van der Waals surface area (Å²) >= 11 is 1.79. The molecule has 122 valence electrons. The first-order chi connectivity index (χ1) is 11.7. The summed E-state index contributed by atoms with van der Waals surface area (Å²) in [5.41, 5.74) is 9.53. The highest BCUT2D eigenvalue weighted by atomic mass is 32.1. The second kappa shape index (κ2) is 5.14. The van der Waals surface area contributed by atoms with E-state index >= 15 is 0 Å². The molecule has 1 saturated heterocycles. The van der Waals surface area contributed by atoms with Crippen molar-refractivity contribution in [2.45, 2.75) is 31.1 Å². The van der Waals surface area contributed by atoms with Crippen molar-refractivity contribution in [2.24, 2.45) is 0 Å². The van der Waals surface area contributed by atoms with Crippen LogP contribution in [0.1, 0.15) is 30.5 Å². The Hall–Kier alpha value is -2.21. The summed E-state index contributed by atoms with van der Waals surface area (Å²) in [6.45, 7) is 2.05. The number of anilines is 2. The fraction of sp³-hybridized carbons (Fsp3) is 0.389. The Morgan fingerprint density at radius 1 is 1.17 bits per heavy atom. The van der Waals surface area contributed by atoms with Crippen LogP contribution in [0.25, 0.3) is 10.2 Å². The van der Waals surface area contributed by atoms with Gasteiger partial charge in [-0.05, 0) is 43.4 Å². The zero-order valence-corrected chi connectivity index (χ0v) is 14.2. The van der Waals surface area contributed by atoms with Crippen LogP contribution < -0.4 is 10.6 Å². The topological polar surface area (TPSA) is 67.9 Å². The van der Waals surface area contributed by atoms with Gasteiger partial charge in [0.25, 0.3) is 0 Å². The summed E-state index contributed by atoms with van der Waals surface area (Å²) in [4.78, 5) is 16.1. The lowest BCUT2D eigenvalue weighted by atomic mass is 9.77. The molecule has 1 spiro atoms. The summed E-state index contributed by atoms with van der Waals surface area (Å²) in [5.74, 6) is 0.395. The summed E-state index contributed by atoms with van der Waals surface area (Å²) in [6.07, 6.45) is 6.46. The van der Waals surface area contributed by atoms with Crippen LogP contribution in [0.15, 0.2) is 30.5 Å². The minimum absolute atomic E-state index is 0.114. The van der Waals surface area contributed by atoms with E-state index in [-0.39, 0.29) is 5.41 Å². The Labute approximate surface area is 144 Å². The molecule has 5 rings (SSSR count). The van der Waals surface area contributed by atoms with E-state index in [4.69, 9.17) is 10.7 Å². The van der Waals surface area contributed by atoms with Crippen molar-refractivity contribution in [1.82, 2.24) is 15.0 Å². The van der Waals surface area contributed by atoms with Gasteiger partial charge in [0.1, 0.15) is 0 Å². The van der Waals surface area contributed by atoms with Gasteiger partial charge in [-0.3, -0.25) is 0 Å². The molecule has 6 heteroatoms. The Morgan fingerprint density at radius 2 is 2.08 bits per heavy atom. The van der Waals surface area contributed by atoms with E-state index in [1.54, 1.807) is 11.3 Å². The number of nitrogen functional groups attached to an aromatic ring is 1. The minimum Gasteiger partial charge on any atom is -0.368 e. The van der Waals surface area contributed by atoms with Crippen LogP contribution in [0.4, 0.5) is 11.1 Å². The zero-order chi connectivity index (χ0) is 16.1. The van der Waals surface area contributed by atoms with E-state index < -0.39 is 0 Å². The number of aromatic nitrogens is 3. The molecule has 0 amide bonds. The fourth-order valence-electron chi connectivity index (χ4n) is 4.24. The van der Waals surface area contributed by atoms with Crippen molar-refractivity contribution < 1.29 is 0 Å². The van der Waals surface area contributed by atoms with Crippen molar-refractivity contribution in [2.75, 3.05) is 23.7 Å². The lowest BCUT2D eigenvalue weighted by molar-refractivity contribution is 0.334. The predicted octanol–water partition coefficient (Wildman–Crippen LogP) is 3.15. The van der Waals surface area contributed by atoms with Crippen molar-refractivity contribution in [1.29, 1.82) is 0 Å². The number of thiazole rings is 1. The molecule has 2 aliphatic rings. The molecular formula is C18H19N5S. The normalized spacial score (nSPS) is 23.1. The highest BCUT2D eigenvalue weighted by molar-refractivity contribution is 7.22. The van der Waals surface area contributed by atoms with E-state index in [1.807, 2.05) is 6.20 Å². The average Bonchev–Trinajstić information content (AvgIpc) is 3.18. The number of nitrogens with two attached hydrogens (primary N) is 1. The maximum Gasteiger partial charge on any atom is 0.220 e. The highest BCUT2D eigenvalue weighted by Gasteiger charge is 2.44. The van der Waals surface area contributed by atoms with Crippen LogP contribution in [0.5, 0.6) is 0 Å². The molecule has 1 aliphatic carbocycles. The number of hydrogen-bond acceptors (Lipinski definition) is 6. The first-order valence-electron chi connectivity index (χ1n) is 8.46. The van der Waals surface area contributed by atoms with E-state index in [9.17, 15) is 0 Å².